The highest BCUT2D eigenvalue weighted by atomic mass is 19.4. The van der Waals surface area contributed by atoms with Crippen molar-refractivity contribution in [3.63, 3.8) is 0 Å². The Kier molecular flexibility index (Phi) is 6.52. The first-order chi connectivity index (χ1) is 13.5. The van der Waals surface area contributed by atoms with E-state index < -0.39 is 11.7 Å². The molecular formula is C24H20F3N. The fraction of sp³-hybridized carbons (Fsp3) is 0.167. The summed E-state index contributed by atoms with van der Waals surface area (Å²) >= 11 is 0. The topological polar surface area (TPSA) is 3.24 Å². The molecule has 0 heterocycles. The highest BCUT2D eigenvalue weighted by Gasteiger charge is 2.29. The molecule has 142 valence electrons. The zero-order valence-corrected chi connectivity index (χ0v) is 15.3. The van der Waals surface area contributed by atoms with E-state index in [9.17, 15) is 13.2 Å². The van der Waals surface area contributed by atoms with E-state index in [2.05, 4.69) is 41.0 Å². The molecule has 0 aromatic heterocycles. The molecule has 0 unspecified atom stereocenters. The van der Waals surface area contributed by atoms with Gasteiger partial charge in [-0.05, 0) is 35.4 Å². The molecule has 0 bridgehead atoms. The summed E-state index contributed by atoms with van der Waals surface area (Å²) in [5.41, 5.74) is 2.30. The number of benzene rings is 3. The number of hydrogen-bond acceptors (Lipinski definition) is 1. The van der Waals surface area contributed by atoms with E-state index in [1.54, 1.807) is 0 Å². The largest absolute Gasteiger partial charge is 0.416 e. The minimum Gasteiger partial charge on any atom is -0.284 e. The molecule has 0 saturated carbocycles. The molecule has 3 aromatic carbocycles. The Balaban J connectivity index is 1.70. The molecule has 4 heteroatoms. The van der Waals surface area contributed by atoms with Gasteiger partial charge in [0.15, 0.2) is 0 Å². The summed E-state index contributed by atoms with van der Waals surface area (Å²) in [6.45, 7) is 2.01. The van der Waals surface area contributed by atoms with Gasteiger partial charge in [-0.1, -0.05) is 72.5 Å². The smallest absolute Gasteiger partial charge is 0.284 e. The Morgan fingerprint density at radius 3 is 1.64 bits per heavy atom. The van der Waals surface area contributed by atoms with Crippen LogP contribution in [0.4, 0.5) is 13.2 Å². The van der Waals surface area contributed by atoms with Crippen LogP contribution in [0.3, 0.4) is 0 Å². The third-order valence-corrected chi connectivity index (χ3v) is 4.25. The van der Waals surface area contributed by atoms with E-state index in [-0.39, 0.29) is 0 Å². The Labute approximate surface area is 163 Å². The van der Waals surface area contributed by atoms with Gasteiger partial charge in [-0.2, -0.15) is 13.2 Å². The van der Waals surface area contributed by atoms with Crippen LogP contribution in [0.5, 0.6) is 0 Å². The molecule has 0 radical (unpaired) electrons. The average molecular weight is 379 g/mol. The summed E-state index contributed by atoms with van der Waals surface area (Å²) in [5, 5.41) is 0. The van der Waals surface area contributed by atoms with Crippen LogP contribution in [0.25, 0.3) is 0 Å². The number of halogens is 3. The monoisotopic (exact) mass is 379 g/mol. The Bertz CT molecular complexity index is 879. The molecule has 0 aliphatic carbocycles. The molecule has 0 amide bonds. The van der Waals surface area contributed by atoms with Gasteiger partial charge in [0.2, 0.25) is 0 Å². The van der Waals surface area contributed by atoms with Gasteiger partial charge in [0.1, 0.15) is 0 Å². The highest BCUT2D eigenvalue weighted by Crippen LogP contribution is 2.28. The molecule has 0 aliphatic heterocycles. The number of alkyl halides is 3. The van der Waals surface area contributed by atoms with Crippen molar-refractivity contribution >= 4 is 0 Å². The van der Waals surface area contributed by atoms with Gasteiger partial charge in [-0.25, -0.2) is 0 Å². The van der Waals surface area contributed by atoms with E-state index in [0.29, 0.717) is 12.1 Å². The van der Waals surface area contributed by atoms with Crippen LogP contribution in [-0.2, 0) is 19.3 Å². The van der Waals surface area contributed by atoms with E-state index in [1.165, 1.54) is 23.3 Å². The third kappa shape index (κ3) is 6.00. The van der Waals surface area contributed by atoms with Gasteiger partial charge in [0.05, 0.1) is 12.1 Å². The van der Waals surface area contributed by atoms with Crippen LogP contribution in [0.1, 0.15) is 22.3 Å². The minimum atomic E-state index is -4.33. The predicted octanol–water partition coefficient (Wildman–Crippen LogP) is 5.76. The normalized spacial score (nSPS) is 11.1. The Morgan fingerprint density at radius 1 is 0.679 bits per heavy atom. The maximum absolute atomic E-state index is 12.6. The molecule has 0 fully saturated rings. The molecule has 0 atom stereocenters. The minimum absolute atomic E-state index is 0.519. The first kappa shape index (κ1) is 19.7. The van der Waals surface area contributed by atoms with Crippen LogP contribution in [0, 0.1) is 11.8 Å². The van der Waals surface area contributed by atoms with Crippen molar-refractivity contribution in [2.75, 3.05) is 6.54 Å². The van der Waals surface area contributed by atoms with Crippen molar-refractivity contribution in [1.29, 1.82) is 0 Å². The van der Waals surface area contributed by atoms with Crippen LogP contribution in [0.2, 0.25) is 0 Å². The summed E-state index contributed by atoms with van der Waals surface area (Å²) in [6, 6.07) is 25.2. The summed E-state index contributed by atoms with van der Waals surface area (Å²) in [5.74, 6) is 6.06. The van der Waals surface area contributed by atoms with Crippen molar-refractivity contribution < 1.29 is 13.2 Å². The van der Waals surface area contributed by atoms with Crippen LogP contribution < -0.4 is 0 Å². The quantitative estimate of drug-likeness (QED) is 0.510. The van der Waals surface area contributed by atoms with E-state index in [1.807, 2.05) is 36.4 Å². The first-order valence-corrected chi connectivity index (χ1v) is 8.97. The fourth-order valence-electron chi connectivity index (χ4n) is 2.85. The van der Waals surface area contributed by atoms with Gasteiger partial charge < -0.3 is 0 Å². The molecule has 3 rings (SSSR count). The maximum atomic E-state index is 12.6. The summed E-state index contributed by atoms with van der Waals surface area (Å²) < 4.78 is 37.9. The lowest BCUT2D eigenvalue weighted by molar-refractivity contribution is -0.137. The van der Waals surface area contributed by atoms with Crippen molar-refractivity contribution in [3.05, 3.63) is 107 Å². The molecule has 0 N–H and O–H groups in total. The van der Waals surface area contributed by atoms with Crippen LogP contribution in [-0.4, -0.2) is 11.4 Å². The lowest BCUT2D eigenvalue weighted by Gasteiger charge is -2.20. The van der Waals surface area contributed by atoms with Crippen molar-refractivity contribution in [2.45, 2.75) is 19.3 Å². The molecule has 0 saturated heterocycles. The fourth-order valence-corrected chi connectivity index (χ4v) is 2.85. The Morgan fingerprint density at radius 2 is 1.18 bits per heavy atom. The Hall–Kier alpha value is -3.03. The summed E-state index contributed by atoms with van der Waals surface area (Å²) in [6.07, 6.45) is -4.33. The maximum Gasteiger partial charge on any atom is 0.416 e. The summed E-state index contributed by atoms with van der Waals surface area (Å²) in [4.78, 5) is 2.21. The van der Waals surface area contributed by atoms with Crippen LogP contribution >= 0.6 is 0 Å². The van der Waals surface area contributed by atoms with Gasteiger partial charge in [-0.3, -0.25) is 4.90 Å². The number of rotatable bonds is 5. The third-order valence-electron chi connectivity index (χ3n) is 4.25. The molecule has 0 aliphatic rings. The highest BCUT2D eigenvalue weighted by molar-refractivity contribution is 5.37. The standard InChI is InChI=1S/C24H20F3N/c25-24(26,27)23-15-13-20(14-16-23)12-7-17-28(18-21-8-3-1-4-9-21)19-22-10-5-2-6-11-22/h1-6,8-11,13-16H,17-19H2. The molecular weight excluding hydrogens is 359 g/mol. The van der Waals surface area contributed by atoms with Crippen molar-refractivity contribution in [3.8, 4) is 11.8 Å². The van der Waals surface area contributed by atoms with Gasteiger partial charge in [0, 0.05) is 18.7 Å². The molecule has 0 spiro atoms. The second-order valence-corrected chi connectivity index (χ2v) is 6.49. The lowest BCUT2D eigenvalue weighted by atomic mass is 10.1. The van der Waals surface area contributed by atoms with Crippen LogP contribution in [0.15, 0.2) is 84.9 Å². The predicted molar refractivity (Wildman–Crippen MR) is 105 cm³/mol. The number of hydrogen-bond donors (Lipinski definition) is 0. The van der Waals surface area contributed by atoms with Gasteiger partial charge >= 0.3 is 6.18 Å². The van der Waals surface area contributed by atoms with E-state index in [0.717, 1.165) is 25.2 Å². The first-order valence-electron chi connectivity index (χ1n) is 8.97. The van der Waals surface area contributed by atoms with Gasteiger partial charge in [0.25, 0.3) is 0 Å². The molecule has 28 heavy (non-hydrogen) atoms. The average Bonchev–Trinajstić information content (AvgIpc) is 2.69. The van der Waals surface area contributed by atoms with E-state index in [4.69, 9.17) is 0 Å². The zero-order valence-electron chi connectivity index (χ0n) is 15.3. The zero-order chi connectivity index (χ0) is 19.8. The second kappa shape index (κ2) is 9.25. The van der Waals surface area contributed by atoms with Gasteiger partial charge in [-0.15, -0.1) is 0 Å². The van der Waals surface area contributed by atoms with Crippen molar-refractivity contribution in [2.24, 2.45) is 0 Å². The second-order valence-electron chi connectivity index (χ2n) is 6.49. The van der Waals surface area contributed by atoms with Crippen molar-refractivity contribution in [1.82, 2.24) is 4.90 Å². The molecule has 1 nitrogen and oxygen atoms in total. The molecule has 3 aromatic rings. The summed E-state index contributed by atoms with van der Waals surface area (Å²) in [7, 11) is 0. The SMILES string of the molecule is FC(F)(F)c1ccc(C#CCN(Cc2ccccc2)Cc2ccccc2)cc1. The lowest BCUT2D eigenvalue weighted by Crippen LogP contribution is -2.23. The number of nitrogens with zero attached hydrogens (tertiary/aromatic N) is 1. The van der Waals surface area contributed by atoms with E-state index >= 15 is 0 Å².